The van der Waals surface area contributed by atoms with Gasteiger partial charge in [0.15, 0.2) is 17.3 Å². The lowest BCUT2D eigenvalue weighted by Crippen LogP contribution is -2.32. The van der Waals surface area contributed by atoms with Crippen LogP contribution in [0.25, 0.3) is 16.4 Å². The van der Waals surface area contributed by atoms with E-state index in [2.05, 4.69) is 30.5 Å². The van der Waals surface area contributed by atoms with Gasteiger partial charge in [-0.2, -0.15) is 0 Å². The Morgan fingerprint density at radius 2 is 1.77 bits per heavy atom. The Morgan fingerprint density at radius 1 is 0.975 bits per heavy atom. The monoisotopic (exact) mass is 533 g/mol. The van der Waals surface area contributed by atoms with Gasteiger partial charge in [0, 0.05) is 18.2 Å². The molecule has 202 valence electrons. The van der Waals surface area contributed by atoms with Crippen molar-refractivity contribution in [1.82, 2.24) is 9.38 Å². The molecule has 0 fully saturated rings. The van der Waals surface area contributed by atoms with Crippen molar-refractivity contribution in [1.29, 1.82) is 0 Å². The number of rotatable bonds is 8. The van der Waals surface area contributed by atoms with Gasteiger partial charge in [0.25, 0.3) is 0 Å². The molecule has 7 heteroatoms. The number of ether oxygens (including phenoxy) is 3. The highest BCUT2D eigenvalue weighted by Gasteiger charge is 2.31. The molecule has 40 heavy (non-hydrogen) atoms. The summed E-state index contributed by atoms with van der Waals surface area (Å²) in [4.78, 5) is 23.5. The van der Waals surface area contributed by atoms with E-state index in [9.17, 15) is 4.79 Å². The maximum Gasteiger partial charge on any atom is 0.194 e. The van der Waals surface area contributed by atoms with Gasteiger partial charge < -0.3 is 14.2 Å². The first-order chi connectivity index (χ1) is 19.5. The lowest BCUT2D eigenvalue weighted by Gasteiger charge is -2.21. The number of aryl methyl sites for hydroxylation is 2. The number of benzene rings is 3. The molecule has 1 atom stereocenters. The lowest BCUT2D eigenvalue weighted by atomic mass is 9.96. The van der Waals surface area contributed by atoms with Crippen molar-refractivity contribution >= 4 is 27.9 Å². The Bertz CT molecular complexity index is 1790. The van der Waals surface area contributed by atoms with Crippen LogP contribution < -0.4 is 14.2 Å². The lowest BCUT2D eigenvalue weighted by molar-refractivity contribution is -0.122. The van der Waals surface area contributed by atoms with Crippen LogP contribution in [0.2, 0.25) is 0 Å². The number of hydrogen-bond acceptors (Lipinski definition) is 6. The van der Waals surface area contributed by atoms with Crippen molar-refractivity contribution in [2.45, 2.75) is 32.7 Å². The Balaban J connectivity index is 1.38. The summed E-state index contributed by atoms with van der Waals surface area (Å²) in [7, 11) is 3.21. The van der Waals surface area contributed by atoms with Crippen molar-refractivity contribution in [3.8, 4) is 17.2 Å². The topological polar surface area (TPSA) is 74.4 Å². The Hall–Kier alpha value is -4.65. The molecule has 1 unspecified atom stereocenters. The van der Waals surface area contributed by atoms with Gasteiger partial charge in [0.05, 0.1) is 31.3 Å². The molecule has 1 aliphatic heterocycles. The summed E-state index contributed by atoms with van der Waals surface area (Å²) in [6.07, 6.45) is 3.44. The van der Waals surface area contributed by atoms with Crippen LogP contribution in [0.4, 0.5) is 0 Å². The first-order valence-electron chi connectivity index (χ1n) is 13.4. The number of nitrogens with zero attached hydrogens (tertiary/aromatic N) is 3. The van der Waals surface area contributed by atoms with Crippen molar-refractivity contribution in [3.05, 3.63) is 101 Å². The molecule has 0 saturated heterocycles. The van der Waals surface area contributed by atoms with Crippen LogP contribution in [-0.2, 0) is 17.6 Å². The number of ketones is 1. The number of hydrogen-bond donors (Lipinski definition) is 0. The molecule has 0 saturated carbocycles. The van der Waals surface area contributed by atoms with Crippen LogP contribution in [0.15, 0.2) is 77.9 Å². The number of aliphatic imine (C=N–C) groups is 1. The summed E-state index contributed by atoms with van der Waals surface area (Å²) in [6, 6.07) is 21.1. The van der Waals surface area contributed by atoms with Crippen LogP contribution in [0.5, 0.6) is 17.2 Å². The standard InChI is InChI=1S/C33H31N3O4/c1-5-21-16-31-34-27-17-26(28(37)19-40-25-12-10-22-8-6-7-9-23(22)14-25)35-32(33(27)36(31)18-20(21)2)24-11-13-29(38-3)30(15-24)39-4/h6-16,18,26H,5,17,19H2,1-4H3. The molecule has 3 heterocycles. The molecule has 3 aromatic carbocycles. The zero-order chi connectivity index (χ0) is 27.8. The molecule has 2 aromatic heterocycles. The summed E-state index contributed by atoms with van der Waals surface area (Å²) in [6.45, 7) is 4.17. The maximum atomic E-state index is 13.5. The van der Waals surface area contributed by atoms with E-state index in [1.165, 1.54) is 11.1 Å². The average molecular weight is 534 g/mol. The molecule has 0 bridgehead atoms. The second kappa shape index (κ2) is 10.5. The Morgan fingerprint density at radius 3 is 2.55 bits per heavy atom. The molecule has 1 aliphatic rings. The van der Waals surface area contributed by atoms with Crippen LogP contribution in [-0.4, -0.2) is 47.7 Å². The minimum absolute atomic E-state index is 0.0759. The van der Waals surface area contributed by atoms with Gasteiger partial charge in [-0.05, 0) is 71.6 Å². The molecule has 0 aliphatic carbocycles. The molecule has 7 nitrogen and oxygen atoms in total. The summed E-state index contributed by atoms with van der Waals surface area (Å²) < 4.78 is 19.1. The molecule has 0 radical (unpaired) electrons. The van der Waals surface area contributed by atoms with Gasteiger partial charge >= 0.3 is 0 Å². The summed E-state index contributed by atoms with van der Waals surface area (Å²) in [5, 5.41) is 2.19. The quantitative estimate of drug-likeness (QED) is 0.253. The van der Waals surface area contributed by atoms with E-state index >= 15 is 0 Å². The molecule has 0 amide bonds. The number of pyridine rings is 1. The predicted octanol–water partition coefficient (Wildman–Crippen LogP) is 5.79. The predicted molar refractivity (Wildman–Crippen MR) is 156 cm³/mol. The first-order valence-corrected chi connectivity index (χ1v) is 13.4. The third-order valence-electron chi connectivity index (χ3n) is 7.55. The second-order valence-corrected chi connectivity index (χ2v) is 10.0. The average Bonchev–Trinajstić information content (AvgIpc) is 3.35. The highest BCUT2D eigenvalue weighted by atomic mass is 16.5. The van der Waals surface area contributed by atoms with Gasteiger partial charge in [-0.25, -0.2) is 4.98 Å². The molecule has 6 rings (SSSR count). The summed E-state index contributed by atoms with van der Waals surface area (Å²) in [5.41, 5.74) is 6.54. The fourth-order valence-corrected chi connectivity index (χ4v) is 5.39. The number of methoxy groups -OCH3 is 2. The van der Waals surface area contributed by atoms with E-state index in [1.807, 2.05) is 60.7 Å². The van der Waals surface area contributed by atoms with E-state index in [0.717, 1.165) is 39.8 Å². The minimum atomic E-state index is -0.618. The molecule has 0 N–H and O–H groups in total. The third kappa shape index (κ3) is 4.57. The summed E-state index contributed by atoms with van der Waals surface area (Å²) in [5.74, 6) is 1.78. The molecule has 5 aromatic rings. The van der Waals surface area contributed by atoms with Crippen LogP contribution in [0, 0.1) is 6.92 Å². The fraction of sp³-hybridized carbons (Fsp3) is 0.242. The van der Waals surface area contributed by atoms with Gasteiger partial charge in [-0.1, -0.05) is 37.3 Å². The highest BCUT2D eigenvalue weighted by Crippen LogP contribution is 2.32. The van der Waals surface area contributed by atoms with Crippen molar-refractivity contribution < 1.29 is 19.0 Å². The highest BCUT2D eigenvalue weighted by molar-refractivity contribution is 6.15. The zero-order valence-corrected chi connectivity index (χ0v) is 23.1. The Kier molecular flexibility index (Phi) is 6.72. The number of imidazole rings is 1. The van der Waals surface area contributed by atoms with Crippen LogP contribution in [0.1, 0.15) is 35.0 Å². The second-order valence-electron chi connectivity index (χ2n) is 10.0. The largest absolute Gasteiger partial charge is 0.493 e. The van der Waals surface area contributed by atoms with Gasteiger partial charge in [0.1, 0.15) is 24.0 Å². The van der Waals surface area contributed by atoms with Crippen molar-refractivity contribution in [3.63, 3.8) is 0 Å². The van der Waals surface area contributed by atoms with E-state index in [4.69, 9.17) is 24.2 Å². The van der Waals surface area contributed by atoms with E-state index in [-0.39, 0.29) is 12.4 Å². The normalized spacial score (nSPS) is 14.6. The SMILES string of the molecule is CCc1cc2nc3c(n2cc1C)C(c1ccc(OC)c(OC)c1)=NC(C(=O)COc1ccc2ccccc2c1)C3. The van der Waals surface area contributed by atoms with E-state index in [0.29, 0.717) is 29.4 Å². The summed E-state index contributed by atoms with van der Waals surface area (Å²) >= 11 is 0. The van der Waals surface area contributed by atoms with E-state index in [1.54, 1.807) is 14.2 Å². The molecular weight excluding hydrogens is 502 g/mol. The van der Waals surface area contributed by atoms with Crippen LogP contribution in [0.3, 0.4) is 0 Å². The van der Waals surface area contributed by atoms with Crippen molar-refractivity contribution in [2.75, 3.05) is 20.8 Å². The zero-order valence-electron chi connectivity index (χ0n) is 23.1. The number of aromatic nitrogens is 2. The number of fused-ring (bicyclic) bond motifs is 4. The van der Waals surface area contributed by atoms with Gasteiger partial charge in [-0.3, -0.25) is 14.2 Å². The first kappa shape index (κ1) is 25.6. The molecule has 0 spiro atoms. The Labute approximate surface area is 233 Å². The molecular formula is C33H31N3O4. The fourth-order valence-electron chi connectivity index (χ4n) is 5.39. The third-order valence-corrected chi connectivity index (χ3v) is 7.55. The minimum Gasteiger partial charge on any atom is -0.493 e. The number of carbonyl (C=O) groups excluding carboxylic acids is 1. The van der Waals surface area contributed by atoms with Gasteiger partial charge in [0.2, 0.25) is 0 Å². The number of Topliss-reactive ketones (excluding diaryl/α,β-unsaturated/α-hetero) is 1. The van der Waals surface area contributed by atoms with Crippen LogP contribution >= 0.6 is 0 Å². The van der Waals surface area contributed by atoms with Crippen molar-refractivity contribution in [2.24, 2.45) is 4.99 Å². The number of carbonyl (C=O) groups is 1. The van der Waals surface area contributed by atoms with E-state index < -0.39 is 6.04 Å². The van der Waals surface area contributed by atoms with Gasteiger partial charge in [-0.15, -0.1) is 0 Å². The smallest absolute Gasteiger partial charge is 0.194 e. The maximum absolute atomic E-state index is 13.5.